The van der Waals surface area contributed by atoms with Crippen molar-refractivity contribution in [2.75, 3.05) is 23.5 Å². The Labute approximate surface area is 120 Å². The van der Waals surface area contributed by atoms with Gasteiger partial charge in [0.1, 0.15) is 11.6 Å². The van der Waals surface area contributed by atoms with Gasteiger partial charge in [-0.2, -0.15) is 13.2 Å². The summed E-state index contributed by atoms with van der Waals surface area (Å²) in [6.45, 7) is 2.77. The van der Waals surface area contributed by atoms with Crippen LogP contribution in [0, 0.1) is 0 Å². The van der Waals surface area contributed by atoms with Gasteiger partial charge < -0.3 is 10.7 Å². The molecule has 120 valence electrons. The van der Waals surface area contributed by atoms with E-state index in [0.717, 1.165) is 12.3 Å². The second-order valence-electron chi connectivity index (χ2n) is 4.99. The number of rotatable bonds is 5. The van der Waals surface area contributed by atoms with Crippen LogP contribution in [0.1, 0.15) is 19.7 Å². The van der Waals surface area contributed by atoms with Gasteiger partial charge in [-0.1, -0.05) is 0 Å². The number of halogens is 3. The van der Waals surface area contributed by atoms with Crippen molar-refractivity contribution in [2.45, 2.75) is 24.8 Å². The number of hydrogen-bond acceptors (Lipinski definition) is 7. The average molecular weight is 327 g/mol. The summed E-state index contributed by atoms with van der Waals surface area (Å²) in [4.78, 5) is 6.49. The number of alkyl halides is 3. The van der Waals surface area contributed by atoms with Crippen molar-refractivity contribution >= 4 is 21.5 Å². The van der Waals surface area contributed by atoms with E-state index in [9.17, 15) is 21.6 Å². The number of sulfone groups is 1. The van der Waals surface area contributed by atoms with Gasteiger partial charge >= 0.3 is 6.18 Å². The predicted octanol–water partition coefficient (Wildman–Crippen LogP) is 1.02. The molecule has 1 rings (SSSR count). The molecule has 0 fully saturated rings. The fourth-order valence-electron chi connectivity index (χ4n) is 1.17. The van der Waals surface area contributed by atoms with E-state index in [4.69, 9.17) is 5.84 Å². The first-order valence-electron chi connectivity index (χ1n) is 5.73. The highest BCUT2D eigenvalue weighted by molar-refractivity contribution is 7.92. The highest BCUT2D eigenvalue weighted by Gasteiger charge is 2.36. The minimum absolute atomic E-state index is 0.121. The molecular formula is C10H16F3N5O2S. The van der Waals surface area contributed by atoms with Gasteiger partial charge in [-0.3, -0.25) is 0 Å². The smallest absolute Gasteiger partial charge is 0.368 e. The normalized spacial score (nSPS) is 13.1. The van der Waals surface area contributed by atoms with Crippen LogP contribution in [0.5, 0.6) is 0 Å². The number of nitrogens with two attached hydrogens (primary N) is 1. The summed E-state index contributed by atoms with van der Waals surface area (Å²) in [5, 5.41) is 2.55. The van der Waals surface area contributed by atoms with E-state index in [1.165, 1.54) is 13.8 Å². The second-order valence-corrected chi connectivity index (χ2v) is 7.64. The van der Waals surface area contributed by atoms with Crippen LogP contribution in [-0.2, 0) is 16.0 Å². The molecule has 1 aromatic rings. The Morgan fingerprint density at radius 1 is 1.24 bits per heavy atom. The van der Waals surface area contributed by atoms with Crippen molar-refractivity contribution in [3.05, 3.63) is 11.9 Å². The van der Waals surface area contributed by atoms with E-state index in [0.29, 0.717) is 0 Å². The third kappa shape index (κ3) is 4.43. The highest BCUT2D eigenvalue weighted by atomic mass is 32.2. The van der Waals surface area contributed by atoms with Crippen LogP contribution < -0.4 is 16.6 Å². The molecule has 11 heteroatoms. The van der Waals surface area contributed by atoms with E-state index in [1.54, 1.807) is 0 Å². The molecule has 21 heavy (non-hydrogen) atoms. The summed E-state index contributed by atoms with van der Waals surface area (Å²) >= 11 is 0. The van der Waals surface area contributed by atoms with Crippen LogP contribution in [0.4, 0.5) is 24.8 Å². The lowest BCUT2D eigenvalue weighted by molar-refractivity contribution is -0.144. The lowest BCUT2D eigenvalue weighted by Crippen LogP contribution is -2.38. The van der Waals surface area contributed by atoms with Gasteiger partial charge in [0.2, 0.25) is 5.82 Å². The van der Waals surface area contributed by atoms with Gasteiger partial charge in [-0.25, -0.2) is 24.2 Å². The number of hydrazine groups is 1. The first-order chi connectivity index (χ1) is 9.37. The van der Waals surface area contributed by atoms with Crippen LogP contribution in [0.2, 0.25) is 0 Å². The molecule has 0 amide bonds. The largest absolute Gasteiger partial charge is 0.451 e. The molecular weight excluding hydrogens is 311 g/mol. The number of anilines is 2. The summed E-state index contributed by atoms with van der Waals surface area (Å²) in [7, 11) is -3.40. The summed E-state index contributed by atoms with van der Waals surface area (Å²) in [5.41, 5.74) is 2.00. The molecule has 0 saturated carbocycles. The Balaban J connectivity index is 3.04. The minimum atomic E-state index is -4.74. The van der Waals surface area contributed by atoms with Crippen molar-refractivity contribution in [3.63, 3.8) is 0 Å². The number of aromatic nitrogens is 2. The summed E-state index contributed by atoms with van der Waals surface area (Å²) in [6, 6.07) is 1.15. The predicted molar refractivity (Wildman–Crippen MR) is 72.3 cm³/mol. The van der Waals surface area contributed by atoms with Crippen LogP contribution in [0.3, 0.4) is 0 Å². The fourth-order valence-corrected chi connectivity index (χ4v) is 1.51. The van der Waals surface area contributed by atoms with Gasteiger partial charge in [0.25, 0.3) is 0 Å². The van der Waals surface area contributed by atoms with E-state index in [1.807, 2.05) is 5.43 Å². The van der Waals surface area contributed by atoms with Crippen molar-refractivity contribution in [3.8, 4) is 0 Å². The zero-order valence-corrected chi connectivity index (χ0v) is 12.4. The quantitative estimate of drug-likeness (QED) is 0.547. The van der Waals surface area contributed by atoms with Crippen molar-refractivity contribution in [2.24, 2.45) is 5.84 Å². The number of nitrogen functional groups attached to an aromatic ring is 1. The fraction of sp³-hybridized carbons (Fsp3) is 0.600. The molecule has 1 aromatic heterocycles. The Hall–Kier alpha value is -1.62. The van der Waals surface area contributed by atoms with Crippen molar-refractivity contribution < 1.29 is 21.6 Å². The van der Waals surface area contributed by atoms with Gasteiger partial charge in [0, 0.05) is 18.9 Å². The standard InChI is InChI=1S/C10H16F3N5O2S/c1-9(2,21(3,19)20)5-15-6-4-7(18-14)17-8(16-6)10(11,12)13/h4H,5,14H2,1-3H3,(H2,15,16,17,18). The Morgan fingerprint density at radius 2 is 1.76 bits per heavy atom. The highest BCUT2D eigenvalue weighted by Crippen LogP contribution is 2.28. The maximum absolute atomic E-state index is 12.6. The molecule has 7 nitrogen and oxygen atoms in total. The molecule has 0 saturated heterocycles. The van der Waals surface area contributed by atoms with Crippen LogP contribution in [-0.4, -0.2) is 35.9 Å². The van der Waals surface area contributed by atoms with E-state index < -0.39 is 26.6 Å². The molecule has 1 heterocycles. The summed E-state index contributed by atoms with van der Waals surface area (Å²) in [6.07, 6.45) is -3.70. The number of hydrogen-bond donors (Lipinski definition) is 3. The first-order valence-corrected chi connectivity index (χ1v) is 7.62. The van der Waals surface area contributed by atoms with Crippen molar-refractivity contribution in [1.82, 2.24) is 9.97 Å². The van der Waals surface area contributed by atoms with E-state index in [2.05, 4.69) is 15.3 Å². The van der Waals surface area contributed by atoms with Gasteiger partial charge in [-0.15, -0.1) is 0 Å². The van der Waals surface area contributed by atoms with Gasteiger partial charge in [-0.05, 0) is 13.8 Å². The summed E-state index contributed by atoms with van der Waals surface area (Å²) in [5.74, 6) is 3.26. The third-order valence-corrected chi connectivity index (χ3v) is 4.98. The molecule has 0 bridgehead atoms. The molecule has 0 atom stereocenters. The van der Waals surface area contributed by atoms with E-state index in [-0.39, 0.29) is 18.2 Å². The first kappa shape index (κ1) is 17.4. The Bertz CT molecular complexity index is 616. The van der Waals surface area contributed by atoms with Crippen molar-refractivity contribution in [1.29, 1.82) is 0 Å². The second kappa shape index (κ2) is 5.64. The monoisotopic (exact) mass is 327 g/mol. The van der Waals surface area contributed by atoms with Gasteiger partial charge in [0.15, 0.2) is 9.84 Å². The lowest BCUT2D eigenvalue weighted by Gasteiger charge is -2.23. The maximum Gasteiger partial charge on any atom is 0.451 e. The average Bonchev–Trinajstić information content (AvgIpc) is 2.33. The molecule has 0 spiro atoms. The Morgan fingerprint density at radius 3 is 2.19 bits per heavy atom. The molecule has 4 N–H and O–H groups in total. The molecule has 0 unspecified atom stereocenters. The zero-order valence-electron chi connectivity index (χ0n) is 11.6. The molecule has 0 aliphatic rings. The van der Waals surface area contributed by atoms with Gasteiger partial charge in [0.05, 0.1) is 4.75 Å². The third-order valence-electron chi connectivity index (χ3n) is 2.83. The molecule has 0 radical (unpaired) electrons. The zero-order chi connectivity index (χ0) is 16.5. The number of nitrogens with zero attached hydrogens (tertiary/aromatic N) is 2. The lowest BCUT2D eigenvalue weighted by atomic mass is 10.2. The molecule has 0 aliphatic carbocycles. The van der Waals surface area contributed by atoms with E-state index >= 15 is 0 Å². The Kier molecular flexibility index (Phi) is 4.68. The van der Waals surface area contributed by atoms with Crippen LogP contribution >= 0.6 is 0 Å². The minimum Gasteiger partial charge on any atom is -0.368 e. The van der Waals surface area contributed by atoms with Crippen LogP contribution in [0.25, 0.3) is 0 Å². The van der Waals surface area contributed by atoms with Crippen LogP contribution in [0.15, 0.2) is 6.07 Å². The summed E-state index contributed by atoms with van der Waals surface area (Å²) < 4.78 is 59.8. The SMILES string of the molecule is CC(C)(CNc1cc(NN)nc(C(F)(F)F)n1)S(C)(=O)=O. The number of nitrogens with one attached hydrogen (secondary N) is 2. The maximum atomic E-state index is 12.6. The molecule has 0 aliphatic heterocycles. The topological polar surface area (TPSA) is 110 Å². The molecule has 0 aromatic carbocycles.